The van der Waals surface area contributed by atoms with Gasteiger partial charge in [-0.05, 0) is 73.5 Å². The van der Waals surface area contributed by atoms with E-state index in [1.807, 2.05) is 6.08 Å². The normalized spacial score (nSPS) is 12.6. The van der Waals surface area contributed by atoms with Crippen LogP contribution < -0.4 is 10.1 Å². The van der Waals surface area contributed by atoms with Crippen LogP contribution in [0.3, 0.4) is 0 Å². The molecule has 6 nitrogen and oxygen atoms in total. The SMILES string of the molecule is COc1ccc(F)c(-c2nc3cc(C(=O)NCCCC4=NC=CC4)ccc3nc2-c2ccc(F)cc2)c1. The number of allylic oxidation sites excluding steroid dienone is 1. The maximum absolute atomic E-state index is 15.0. The van der Waals surface area contributed by atoms with Gasteiger partial charge in [0.05, 0.1) is 23.8 Å². The molecule has 1 aromatic heterocycles. The number of fused-ring (bicyclic) bond motifs is 1. The van der Waals surface area contributed by atoms with E-state index in [1.54, 1.807) is 42.6 Å². The van der Waals surface area contributed by atoms with Crippen molar-refractivity contribution in [1.29, 1.82) is 0 Å². The Labute approximate surface area is 212 Å². The Morgan fingerprint density at radius 2 is 1.78 bits per heavy atom. The summed E-state index contributed by atoms with van der Waals surface area (Å²) >= 11 is 0. The summed E-state index contributed by atoms with van der Waals surface area (Å²) < 4.78 is 33.9. The molecule has 8 heteroatoms. The Kier molecular flexibility index (Phi) is 6.98. The zero-order valence-electron chi connectivity index (χ0n) is 20.2. The minimum Gasteiger partial charge on any atom is -0.497 e. The number of rotatable bonds is 8. The lowest BCUT2D eigenvalue weighted by molar-refractivity contribution is 0.0953. The van der Waals surface area contributed by atoms with Crippen molar-refractivity contribution in [2.45, 2.75) is 19.3 Å². The number of benzene rings is 3. The Hall–Kier alpha value is -4.46. The third kappa shape index (κ3) is 5.38. The standard InChI is InChI=1S/C29H24F2N4O2/c1-37-22-11-12-24(31)23(17-22)28-27(18-6-9-20(30)10-7-18)34-25-13-8-19(16-26(25)35-28)29(36)33-15-3-5-21-4-2-14-32-21/h2,6-14,16-17H,3-5,15H2,1H3,(H,33,36). The highest BCUT2D eigenvalue weighted by molar-refractivity contribution is 5.98. The summed E-state index contributed by atoms with van der Waals surface area (Å²) in [6.45, 7) is 0.519. The van der Waals surface area contributed by atoms with Gasteiger partial charge in [0.15, 0.2) is 0 Å². The molecule has 2 heterocycles. The molecule has 0 bridgehead atoms. The number of hydrogen-bond donors (Lipinski definition) is 1. The van der Waals surface area contributed by atoms with Gasteiger partial charge in [0.25, 0.3) is 5.91 Å². The lowest BCUT2D eigenvalue weighted by Gasteiger charge is -2.13. The number of nitrogens with one attached hydrogen (secondary N) is 1. The van der Waals surface area contributed by atoms with Gasteiger partial charge in [0, 0.05) is 41.6 Å². The molecule has 5 rings (SSSR count). The quantitative estimate of drug-likeness (QED) is 0.297. The van der Waals surface area contributed by atoms with Crippen LogP contribution in [-0.4, -0.2) is 35.2 Å². The Bertz CT molecular complexity index is 1530. The second-order valence-electron chi connectivity index (χ2n) is 8.62. The molecule has 1 aliphatic rings. The van der Waals surface area contributed by atoms with E-state index in [9.17, 15) is 13.6 Å². The van der Waals surface area contributed by atoms with Crippen molar-refractivity contribution in [2.75, 3.05) is 13.7 Å². The van der Waals surface area contributed by atoms with Gasteiger partial charge < -0.3 is 10.1 Å². The number of methoxy groups -OCH3 is 1. The Morgan fingerprint density at radius 3 is 2.54 bits per heavy atom. The fourth-order valence-corrected chi connectivity index (χ4v) is 4.17. The highest BCUT2D eigenvalue weighted by Gasteiger charge is 2.18. The smallest absolute Gasteiger partial charge is 0.251 e. The highest BCUT2D eigenvalue weighted by Crippen LogP contribution is 2.34. The fraction of sp³-hybridized carbons (Fsp3) is 0.172. The summed E-state index contributed by atoms with van der Waals surface area (Å²) in [6, 6.07) is 15.1. The molecular weight excluding hydrogens is 474 g/mol. The number of carbonyl (C=O) groups is 1. The minimum atomic E-state index is -0.506. The summed E-state index contributed by atoms with van der Waals surface area (Å²) in [7, 11) is 1.49. The van der Waals surface area contributed by atoms with Crippen molar-refractivity contribution in [2.24, 2.45) is 4.99 Å². The summed E-state index contributed by atoms with van der Waals surface area (Å²) in [5.41, 5.74) is 3.92. The molecule has 0 fully saturated rings. The van der Waals surface area contributed by atoms with E-state index in [2.05, 4.69) is 10.3 Å². The third-order valence-corrected chi connectivity index (χ3v) is 6.12. The molecule has 0 saturated carbocycles. The van der Waals surface area contributed by atoms with Gasteiger partial charge in [-0.15, -0.1) is 0 Å². The number of ether oxygens (including phenoxy) is 1. The summed E-state index contributed by atoms with van der Waals surface area (Å²) in [4.78, 5) is 26.5. The number of halogens is 2. The lowest BCUT2D eigenvalue weighted by Crippen LogP contribution is -2.24. The monoisotopic (exact) mass is 498 g/mol. The zero-order valence-corrected chi connectivity index (χ0v) is 20.2. The first-order valence-electron chi connectivity index (χ1n) is 11.9. The van der Waals surface area contributed by atoms with Gasteiger partial charge in [-0.1, -0.05) is 6.08 Å². The molecular formula is C29H24F2N4O2. The summed E-state index contributed by atoms with van der Waals surface area (Å²) in [5, 5.41) is 2.93. The number of aliphatic imine (C=N–C) groups is 1. The van der Waals surface area contributed by atoms with Crippen molar-refractivity contribution >= 4 is 22.7 Å². The Balaban J connectivity index is 1.49. The summed E-state index contributed by atoms with van der Waals surface area (Å²) in [5.74, 6) is -0.674. The predicted molar refractivity (Wildman–Crippen MR) is 140 cm³/mol. The molecule has 0 unspecified atom stereocenters. The van der Waals surface area contributed by atoms with Crippen LogP contribution in [0.25, 0.3) is 33.5 Å². The van der Waals surface area contributed by atoms with Crippen LogP contribution in [0, 0.1) is 11.6 Å². The second-order valence-corrected chi connectivity index (χ2v) is 8.62. The molecule has 0 saturated heterocycles. The third-order valence-electron chi connectivity index (χ3n) is 6.12. The number of hydrogen-bond acceptors (Lipinski definition) is 5. The minimum absolute atomic E-state index is 0.187. The first kappa shape index (κ1) is 24.2. The molecule has 0 atom stereocenters. The van der Waals surface area contributed by atoms with E-state index in [4.69, 9.17) is 14.7 Å². The van der Waals surface area contributed by atoms with E-state index in [1.165, 1.54) is 31.4 Å². The van der Waals surface area contributed by atoms with E-state index < -0.39 is 11.6 Å². The predicted octanol–water partition coefficient (Wildman–Crippen LogP) is 6.12. The Morgan fingerprint density at radius 1 is 0.973 bits per heavy atom. The molecule has 1 aliphatic heterocycles. The van der Waals surface area contributed by atoms with E-state index in [0.29, 0.717) is 40.1 Å². The maximum Gasteiger partial charge on any atom is 0.251 e. The molecule has 186 valence electrons. The largest absolute Gasteiger partial charge is 0.497 e. The van der Waals surface area contributed by atoms with Gasteiger partial charge in [0.1, 0.15) is 23.1 Å². The lowest BCUT2D eigenvalue weighted by atomic mass is 10.0. The first-order chi connectivity index (χ1) is 18.0. The number of carbonyl (C=O) groups excluding carboxylic acids is 1. The number of amides is 1. The fourth-order valence-electron chi connectivity index (χ4n) is 4.17. The zero-order chi connectivity index (χ0) is 25.8. The van der Waals surface area contributed by atoms with Gasteiger partial charge >= 0.3 is 0 Å². The van der Waals surface area contributed by atoms with Crippen LogP contribution in [0.1, 0.15) is 29.6 Å². The van der Waals surface area contributed by atoms with Crippen LogP contribution in [0.2, 0.25) is 0 Å². The molecule has 1 N–H and O–H groups in total. The average molecular weight is 499 g/mol. The average Bonchev–Trinajstić information content (AvgIpc) is 3.44. The molecule has 4 aromatic rings. The molecule has 0 aliphatic carbocycles. The highest BCUT2D eigenvalue weighted by atomic mass is 19.1. The summed E-state index contributed by atoms with van der Waals surface area (Å²) in [6.07, 6.45) is 6.31. The molecule has 0 spiro atoms. The van der Waals surface area contributed by atoms with Crippen LogP contribution in [0.4, 0.5) is 8.78 Å². The second kappa shape index (κ2) is 10.7. The van der Waals surface area contributed by atoms with E-state index in [0.717, 1.165) is 25.0 Å². The van der Waals surface area contributed by atoms with Crippen LogP contribution in [-0.2, 0) is 0 Å². The number of nitrogens with zero attached hydrogens (tertiary/aromatic N) is 3. The number of aromatic nitrogens is 2. The van der Waals surface area contributed by atoms with Crippen molar-refractivity contribution in [3.05, 3.63) is 90.1 Å². The van der Waals surface area contributed by atoms with Crippen molar-refractivity contribution in [3.63, 3.8) is 0 Å². The van der Waals surface area contributed by atoms with Crippen LogP contribution in [0.15, 0.2) is 77.9 Å². The van der Waals surface area contributed by atoms with Crippen molar-refractivity contribution in [1.82, 2.24) is 15.3 Å². The van der Waals surface area contributed by atoms with Crippen LogP contribution in [0.5, 0.6) is 5.75 Å². The topological polar surface area (TPSA) is 76.5 Å². The molecule has 3 aromatic carbocycles. The molecule has 37 heavy (non-hydrogen) atoms. The van der Waals surface area contributed by atoms with Crippen LogP contribution >= 0.6 is 0 Å². The van der Waals surface area contributed by atoms with E-state index in [-0.39, 0.29) is 17.2 Å². The van der Waals surface area contributed by atoms with Gasteiger partial charge in [-0.25, -0.2) is 18.7 Å². The molecule has 0 radical (unpaired) electrons. The van der Waals surface area contributed by atoms with Crippen molar-refractivity contribution < 1.29 is 18.3 Å². The first-order valence-corrected chi connectivity index (χ1v) is 11.9. The van der Waals surface area contributed by atoms with Gasteiger partial charge in [0.2, 0.25) is 0 Å². The maximum atomic E-state index is 15.0. The van der Waals surface area contributed by atoms with Crippen molar-refractivity contribution in [3.8, 4) is 28.3 Å². The van der Waals surface area contributed by atoms with E-state index >= 15 is 0 Å². The molecule has 1 amide bonds. The van der Waals surface area contributed by atoms with Gasteiger partial charge in [-0.3, -0.25) is 9.79 Å². The van der Waals surface area contributed by atoms with Gasteiger partial charge in [-0.2, -0.15) is 0 Å².